The molecule has 0 radical (unpaired) electrons. The van der Waals surface area contributed by atoms with Crippen molar-refractivity contribution in [1.82, 2.24) is 9.97 Å². The predicted molar refractivity (Wildman–Crippen MR) is 118 cm³/mol. The maximum Gasteiger partial charge on any atom is 0.355 e. The van der Waals surface area contributed by atoms with E-state index < -0.39 is 0 Å². The standard InChI is InChI=1S/C24H36N2O4/c1-7-29-23(27)21-15(3)19(17(5)25-21)13-11-9-10-12-14-20-16(4)22(26-18(20)6)24(28)30-8-2/h25-26H,7-14H2,1-6H3. The summed E-state index contributed by atoms with van der Waals surface area (Å²) in [4.78, 5) is 30.4. The summed E-state index contributed by atoms with van der Waals surface area (Å²) in [5.41, 5.74) is 7.76. The van der Waals surface area contributed by atoms with E-state index in [2.05, 4.69) is 9.97 Å². The molecule has 0 aromatic carbocycles. The molecular weight excluding hydrogens is 380 g/mol. The molecule has 0 saturated heterocycles. The highest BCUT2D eigenvalue weighted by molar-refractivity contribution is 5.90. The van der Waals surface area contributed by atoms with Gasteiger partial charge in [0.1, 0.15) is 11.4 Å². The fourth-order valence-electron chi connectivity index (χ4n) is 4.10. The highest BCUT2D eigenvalue weighted by atomic mass is 16.5. The first-order chi connectivity index (χ1) is 14.3. The number of esters is 2. The van der Waals surface area contributed by atoms with Crippen LogP contribution >= 0.6 is 0 Å². The summed E-state index contributed by atoms with van der Waals surface area (Å²) in [5.74, 6) is -0.549. The van der Waals surface area contributed by atoms with Crippen LogP contribution in [0.5, 0.6) is 0 Å². The molecule has 2 N–H and O–H groups in total. The lowest BCUT2D eigenvalue weighted by atomic mass is 9.99. The largest absolute Gasteiger partial charge is 0.461 e. The normalized spacial score (nSPS) is 11.0. The highest BCUT2D eigenvalue weighted by Gasteiger charge is 2.19. The summed E-state index contributed by atoms with van der Waals surface area (Å²) in [6.07, 6.45) is 6.35. The maximum atomic E-state index is 12.0. The number of aryl methyl sites for hydroxylation is 2. The lowest BCUT2D eigenvalue weighted by molar-refractivity contribution is 0.0509. The molecule has 0 fully saturated rings. The molecule has 6 heteroatoms. The van der Waals surface area contributed by atoms with Crippen molar-refractivity contribution >= 4 is 11.9 Å². The molecule has 0 aliphatic rings. The molecule has 2 aromatic heterocycles. The zero-order chi connectivity index (χ0) is 22.3. The number of unbranched alkanes of at least 4 members (excludes halogenated alkanes) is 3. The van der Waals surface area contributed by atoms with Crippen molar-refractivity contribution in [1.29, 1.82) is 0 Å². The number of hydrogen-bond donors (Lipinski definition) is 2. The third-order valence-electron chi connectivity index (χ3n) is 5.75. The van der Waals surface area contributed by atoms with Gasteiger partial charge in [-0.1, -0.05) is 12.8 Å². The molecule has 0 atom stereocenters. The zero-order valence-corrected chi connectivity index (χ0v) is 19.3. The lowest BCUT2D eigenvalue weighted by Crippen LogP contribution is -2.06. The number of H-pyrrole nitrogens is 2. The molecule has 30 heavy (non-hydrogen) atoms. The summed E-state index contributed by atoms with van der Waals surface area (Å²) >= 11 is 0. The van der Waals surface area contributed by atoms with Crippen molar-refractivity contribution in [2.24, 2.45) is 0 Å². The monoisotopic (exact) mass is 416 g/mol. The van der Waals surface area contributed by atoms with Gasteiger partial charge in [-0.15, -0.1) is 0 Å². The molecule has 0 amide bonds. The van der Waals surface area contributed by atoms with Gasteiger partial charge in [0.15, 0.2) is 0 Å². The number of carbonyl (C=O) groups excluding carboxylic acids is 2. The van der Waals surface area contributed by atoms with E-state index in [0.29, 0.717) is 24.6 Å². The van der Waals surface area contributed by atoms with Gasteiger partial charge in [-0.3, -0.25) is 0 Å². The van der Waals surface area contributed by atoms with E-state index >= 15 is 0 Å². The quantitative estimate of drug-likeness (QED) is 0.386. The van der Waals surface area contributed by atoms with E-state index in [4.69, 9.17) is 9.47 Å². The minimum atomic E-state index is -0.274. The molecule has 2 heterocycles. The molecule has 6 nitrogen and oxygen atoms in total. The SMILES string of the molecule is CCOC(=O)c1[nH]c(C)c(CCCCCCc2c(C)[nH]c(C(=O)OCC)c2C)c1C. The highest BCUT2D eigenvalue weighted by Crippen LogP contribution is 2.23. The predicted octanol–water partition coefficient (Wildman–Crippen LogP) is 5.28. The van der Waals surface area contributed by atoms with Crippen LogP contribution in [-0.4, -0.2) is 35.1 Å². The van der Waals surface area contributed by atoms with Crippen LogP contribution in [0.3, 0.4) is 0 Å². The van der Waals surface area contributed by atoms with Gasteiger partial charge in [0.25, 0.3) is 0 Å². The van der Waals surface area contributed by atoms with Crippen molar-refractivity contribution in [3.05, 3.63) is 45.0 Å². The van der Waals surface area contributed by atoms with Crippen molar-refractivity contribution < 1.29 is 19.1 Å². The number of hydrogen-bond acceptors (Lipinski definition) is 4. The van der Waals surface area contributed by atoms with E-state index in [1.807, 2.05) is 41.5 Å². The van der Waals surface area contributed by atoms with Crippen LogP contribution < -0.4 is 0 Å². The molecule has 2 rings (SSSR count). The van der Waals surface area contributed by atoms with Crippen LogP contribution in [-0.2, 0) is 22.3 Å². The molecule has 0 bridgehead atoms. The Morgan fingerprint density at radius 2 is 1.03 bits per heavy atom. The molecule has 166 valence electrons. The number of rotatable bonds is 11. The van der Waals surface area contributed by atoms with E-state index in [1.54, 1.807) is 0 Å². The second-order valence-corrected chi connectivity index (χ2v) is 7.81. The van der Waals surface area contributed by atoms with E-state index in [9.17, 15) is 9.59 Å². The Hall–Kier alpha value is -2.50. The number of ether oxygens (including phenoxy) is 2. The second kappa shape index (κ2) is 11.0. The molecule has 0 saturated carbocycles. The Balaban J connectivity index is 1.82. The number of aromatic nitrogens is 2. The summed E-state index contributed by atoms with van der Waals surface area (Å²) in [6.45, 7) is 12.4. The maximum absolute atomic E-state index is 12.0. The van der Waals surface area contributed by atoms with Crippen molar-refractivity contribution in [3.8, 4) is 0 Å². The Morgan fingerprint density at radius 1 is 0.667 bits per heavy atom. The summed E-state index contributed by atoms with van der Waals surface area (Å²) in [6, 6.07) is 0. The minimum Gasteiger partial charge on any atom is -0.461 e. The van der Waals surface area contributed by atoms with Gasteiger partial charge in [0.2, 0.25) is 0 Å². The average molecular weight is 417 g/mol. The fourth-order valence-corrected chi connectivity index (χ4v) is 4.10. The van der Waals surface area contributed by atoms with Gasteiger partial charge in [-0.25, -0.2) is 9.59 Å². The third kappa shape index (κ3) is 5.55. The van der Waals surface area contributed by atoms with Gasteiger partial charge >= 0.3 is 11.9 Å². The van der Waals surface area contributed by atoms with Gasteiger partial charge in [0.05, 0.1) is 13.2 Å². The Labute approximate surface area is 179 Å². The van der Waals surface area contributed by atoms with Crippen LogP contribution in [0, 0.1) is 27.7 Å². The fraction of sp³-hybridized carbons (Fsp3) is 0.583. The lowest BCUT2D eigenvalue weighted by Gasteiger charge is -2.05. The van der Waals surface area contributed by atoms with Crippen LogP contribution in [0.15, 0.2) is 0 Å². The summed E-state index contributed by atoms with van der Waals surface area (Å²) in [7, 11) is 0. The van der Waals surface area contributed by atoms with E-state index in [1.165, 1.54) is 11.1 Å². The van der Waals surface area contributed by atoms with Crippen LogP contribution in [0.25, 0.3) is 0 Å². The second-order valence-electron chi connectivity index (χ2n) is 7.81. The zero-order valence-electron chi connectivity index (χ0n) is 19.3. The van der Waals surface area contributed by atoms with Gasteiger partial charge in [0, 0.05) is 11.4 Å². The van der Waals surface area contributed by atoms with Crippen LogP contribution in [0.1, 0.15) is 94.1 Å². The van der Waals surface area contributed by atoms with E-state index in [-0.39, 0.29) is 11.9 Å². The third-order valence-corrected chi connectivity index (χ3v) is 5.75. The number of carbonyl (C=O) groups is 2. The summed E-state index contributed by atoms with van der Waals surface area (Å²) < 4.78 is 10.2. The molecule has 0 spiro atoms. The molecule has 0 unspecified atom stereocenters. The first-order valence-corrected chi connectivity index (χ1v) is 11.0. The summed E-state index contributed by atoms with van der Waals surface area (Å²) in [5, 5.41) is 0. The van der Waals surface area contributed by atoms with Crippen LogP contribution in [0.2, 0.25) is 0 Å². The van der Waals surface area contributed by atoms with Gasteiger partial charge in [-0.05, 0) is 89.5 Å². The van der Waals surface area contributed by atoms with Crippen molar-refractivity contribution in [2.75, 3.05) is 13.2 Å². The van der Waals surface area contributed by atoms with Crippen molar-refractivity contribution in [2.45, 2.75) is 80.1 Å². The molecule has 2 aromatic rings. The van der Waals surface area contributed by atoms with Crippen LogP contribution in [0.4, 0.5) is 0 Å². The Morgan fingerprint density at radius 3 is 1.37 bits per heavy atom. The van der Waals surface area contributed by atoms with Crippen molar-refractivity contribution in [3.63, 3.8) is 0 Å². The smallest absolute Gasteiger partial charge is 0.355 e. The molecule has 0 aliphatic heterocycles. The number of nitrogens with one attached hydrogen (secondary N) is 2. The van der Waals surface area contributed by atoms with Gasteiger partial charge in [-0.2, -0.15) is 0 Å². The molecule has 0 aliphatic carbocycles. The Kier molecular flexibility index (Phi) is 8.75. The van der Waals surface area contributed by atoms with Gasteiger partial charge < -0.3 is 19.4 Å². The topological polar surface area (TPSA) is 84.2 Å². The first kappa shape index (κ1) is 23.8. The molecular formula is C24H36N2O4. The average Bonchev–Trinajstić information content (AvgIpc) is 3.15. The minimum absolute atomic E-state index is 0.274. The van der Waals surface area contributed by atoms with E-state index in [0.717, 1.165) is 61.0 Å². The number of aromatic amines is 2. The first-order valence-electron chi connectivity index (χ1n) is 11.0. The Bertz CT molecular complexity index is 804.